The van der Waals surface area contributed by atoms with Gasteiger partial charge in [0.05, 0.1) is 25.4 Å². The van der Waals surface area contributed by atoms with Crippen LogP contribution in [0.25, 0.3) is 0 Å². The van der Waals surface area contributed by atoms with Crippen LogP contribution in [0.3, 0.4) is 0 Å². The predicted octanol–water partition coefficient (Wildman–Crippen LogP) is 0.926. The second-order valence-corrected chi connectivity index (χ2v) is 5.61. The van der Waals surface area contributed by atoms with Crippen LogP contribution < -0.4 is 10.6 Å². The highest BCUT2D eigenvalue weighted by Crippen LogP contribution is 2.29. The fourth-order valence-corrected chi connectivity index (χ4v) is 3.02. The molecule has 2 amide bonds. The molecule has 1 unspecified atom stereocenters. The van der Waals surface area contributed by atoms with Crippen LogP contribution in [0.1, 0.15) is 30.1 Å². The molecule has 0 saturated carbocycles. The number of aromatic nitrogens is 4. The predicted molar refractivity (Wildman–Crippen MR) is 77.1 cm³/mol. The molecular weight excluding hydrogens is 292 g/mol. The number of urea groups is 1. The molecule has 0 spiro atoms. The standard InChI is InChI=1S/C12H16N6O2S/c19-5-4-18-10-3-1-2-9(8(10)6-14-18)15-11(20)16-12-17-13-7-21-12/h6-7,9,19H,1-5H2,(H2,15,16,17,20). The van der Waals surface area contributed by atoms with Gasteiger partial charge in [0, 0.05) is 11.3 Å². The molecule has 1 atom stereocenters. The second-order valence-electron chi connectivity index (χ2n) is 4.78. The van der Waals surface area contributed by atoms with E-state index in [-0.39, 0.29) is 18.7 Å². The van der Waals surface area contributed by atoms with Crippen LogP contribution in [0.2, 0.25) is 0 Å². The number of nitrogens with zero attached hydrogens (tertiary/aromatic N) is 4. The highest BCUT2D eigenvalue weighted by Gasteiger charge is 2.25. The summed E-state index contributed by atoms with van der Waals surface area (Å²) in [6, 6.07) is -0.353. The van der Waals surface area contributed by atoms with E-state index in [0.717, 1.165) is 30.5 Å². The van der Waals surface area contributed by atoms with Crippen LogP contribution >= 0.6 is 11.3 Å². The van der Waals surface area contributed by atoms with Crippen molar-refractivity contribution in [1.82, 2.24) is 25.3 Å². The lowest BCUT2D eigenvalue weighted by Crippen LogP contribution is -2.34. The maximum Gasteiger partial charge on any atom is 0.321 e. The fourth-order valence-electron chi connectivity index (χ4n) is 2.58. The maximum absolute atomic E-state index is 12.0. The van der Waals surface area contributed by atoms with Crippen LogP contribution in [0, 0.1) is 0 Å². The van der Waals surface area contributed by atoms with Gasteiger partial charge in [0.2, 0.25) is 5.13 Å². The Kier molecular flexibility index (Phi) is 4.11. The van der Waals surface area contributed by atoms with Gasteiger partial charge < -0.3 is 10.4 Å². The number of aliphatic hydroxyl groups excluding tert-OH is 1. The number of fused-ring (bicyclic) bond motifs is 1. The Balaban J connectivity index is 1.69. The molecule has 21 heavy (non-hydrogen) atoms. The zero-order valence-corrected chi connectivity index (χ0v) is 12.1. The molecule has 0 aromatic carbocycles. The van der Waals surface area contributed by atoms with Crippen LogP contribution in [-0.2, 0) is 13.0 Å². The van der Waals surface area contributed by atoms with Crippen molar-refractivity contribution in [3.05, 3.63) is 23.0 Å². The number of rotatable bonds is 4. The molecule has 8 nitrogen and oxygen atoms in total. The van der Waals surface area contributed by atoms with Gasteiger partial charge in [0.1, 0.15) is 5.51 Å². The summed E-state index contributed by atoms with van der Waals surface area (Å²) in [7, 11) is 0. The van der Waals surface area contributed by atoms with E-state index in [4.69, 9.17) is 5.11 Å². The van der Waals surface area contributed by atoms with E-state index in [0.29, 0.717) is 11.7 Å². The highest BCUT2D eigenvalue weighted by atomic mass is 32.1. The van der Waals surface area contributed by atoms with Crippen molar-refractivity contribution >= 4 is 22.5 Å². The van der Waals surface area contributed by atoms with Gasteiger partial charge >= 0.3 is 6.03 Å². The summed E-state index contributed by atoms with van der Waals surface area (Å²) in [6.07, 6.45) is 4.56. The Bertz CT molecular complexity index is 611. The van der Waals surface area contributed by atoms with Gasteiger partial charge in [-0.3, -0.25) is 10.00 Å². The molecule has 0 aliphatic heterocycles. The second kappa shape index (κ2) is 6.19. The van der Waals surface area contributed by atoms with Crippen LogP contribution in [0.5, 0.6) is 0 Å². The first-order chi connectivity index (χ1) is 10.3. The summed E-state index contributed by atoms with van der Waals surface area (Å²) in [4.78, 5) is 12.0. The van der Waals surface area contributed by atoms with Crippen molar-refractivity contribution in [1.29, 1.82) is 0 Å². The quantitative estimate of drug-likeness (QED) is 0.779. The van der Waals surface area contributed by atoms with E-state index in [9.17, 15) is 4.79 Å². The minimum atomic E-state index is -0.292. The summed E-state index contributed by atoms with van der Waals surface area (Å²) < 4.78 is 1.81. The molecular formula is C12H16N6O2S. The number of anilines is 1. The van der Waals surface area contributed by atoms with E-state index in [1.165, 1.54) is 11.3 Å². The third kappa shape index (κ3) is 3.03. The average molecular weight is 308 g/mol. The molecule has 1 aliphatic carbocycles. The van der Waals surface area contributed by atoms with Gasteiger partial charge in [0.15, 0.2) is 0 Å². The number of nitrogens with one attached hydrogen (secondary N) is 2. The van der Waals surface area contributed by atoms with Crippen molar-refractivity contribution in [2.45, 2.75) is 31.8 Å². The molecule has 0 fully saturated rings. The van der Waals surface area contributed by atoms with Gasteiger partial charge in [-0.15, -0.1) is 10.2 Å². The molecule has 3 N–H and O–H groups in total. The van der Waals surface area contributed by atoms with Crippen molar-refractivity contribution in [3.8, 4) is 0 Å². The SMILES string of the molecule is O=C(Nc1nncs1)NC1CCCc2c1cnn2CCO. The molecule has 2 heterocycles. The van der Waals surface area contributed by atoms with E-state index >= 15 is 0 Å². The van der Waals surface area contributed by atoms with E-state index in [2.05, 4.69) is 25.9 Å². The summed E-state index contributed by atoms with van der Waals surface area (Å²) in [5.74, 6) is 0. The monoisotopic (exact) mass is 308 g/mol. The molecule has 2 aromatic rings. The molecule has 9 heteroatoms. The first kappa shape index (κ1) is 14.0. The van der Waals surface area contributed by atoms with Gasteiger partial charge in [-0.25, -0.2) is 4.79 Å². The zero-order valence-electron chi connectivity index (χ0n) is 11.3. The summed E-state index contributed by atoms with van der Waals surface area (Å²) in [5, 5.41) is 26.8. The van der Waals surface area contributed by atoms with Crippen molar-refractivity contribution in [2.24, 2.45) is 0 Å². The number of hydrogen-bond donors (Lipinski definition) is 3. The van der Waals surface area contributed by atoms with Crippen LogP contribution in [-0.4, -0.2) is 37.7 Å². The molecule has 2 aromatic heterocycles. The van der Waals surface area contributed by atoms with Gasteiger partial charge in [-0.2, -0.15) is 5.10 Å². The van der Waals surface area contributed by atoms with E-state index < -0.39 is 0 Å². The lowest BCUT2D eigenvalue weighted by Gasteiger charge is -2.24. The topological polar surface area (TPSA) is 105 Å². The molecule has 1 aliphatic rings. The van der Waals surface area contributed by atoms with Crippen molar-refractivity contribution < 1.29 is 9.90 Å². The van der Waals surface area contributed by atoms with Crippen molar-refractivity contribution in [2.75, 3.05) is 11.9 Å². The summed E-state index contributed by atoms with van der Waals surface area (Å²) in [5.41, 5.74) is 3.69. The lowest BCUT2D eigenvalue weighted by atomic mass is 9.93. The maximum atomic E-state index is 12.0. The number of amides is 2. The summed E-state index contributed by atoms with van der Waals surface area (Å²) >= 11 is 1.27. The first-order valence-electron chi connectivity index (χ1n) is 6.77. The Hall–Kier alpha value is -2.00. The van der Waals surface area contributed by atoms with Crippen molar-refractivity contribution in [3.63, 3.8) is 0 Å². The smallest absolute Gasteiger partial charge is 0.321 e. The molecule has 112 valence electrons. The number of carbonyl (C=O) groups is 1. The third-order valence-corrected chi connectivity index (χ3v) is 4.07. The third-order valence-electron chi connectivity index (χ3n) is 3.46. The number of aliphatic hydroxyl groups is 1. The Morgan fingerprint density at radius 2 is 2.48 bits per heavy atom. The van der Waals surface area contributed by atoms with E-state index in [1.807, 2.05) is 4.68 Å². The fraction of sp³-hybridized carbons (Fsp3) is 0.500. The normalized spacial score (nSPS) is 17.3. The van der Waals surface area contributed by atoms with E-state index in [1.54, 1.807) is 11.7 Å². The Morgan fingerprint density at radius 3 is 3.24 bits per heavy atom. The molecule has 0 radical (unpaired) electrons. The Labute approximate surface area is 125 Å². The molecule has 0 bridgehead atoms. The number of hydrogen-bond acceptors (Lipinski definition) is 6. The Morgan fingerprint density at radius 1 is 1.57 bits per heavy atom. The zero-order chi connectivity index (χ0) is 14.7. The molecule has 3 rings (SSSR count). The minimum Gasteiger partial charge on any atom is -0.394 e. The number of carbonyl (C=O) groups excluding carboxylic acids is 1. The van der Waals surface area contributed by atoms with Gasteiger partial charge in [-0.05, 0) is 19.3 Å². The minimum absolute atomic E-state index is 0.0593. The average Bonchev–Trinajstić information content (AvgIpc) is 3.10. The largest absolute Gasteiger partial charge is 0.394 e. The van der Waals surface area contributed by atoms with Crippen LogP contribution in [0.4, 0.5) is 9.93 Å². The first-order valence-corrected chi connectivity index (χ1v) is 7.65. The lowest BCUT2D eigenvalue weighted by molar-refractivity contribution is 0.246. The molecule has 0 saturated heterocycles. The van der Waals surface area contributed by atoms with Crippen LogP contribution in [0.15, 0.2) is 11.7 Å². The highest BCUT2D eigenvalue weighted by molar-refractivity contribution is 7.13. The van der Waals surface area contributed by atoms with Gasteiger partial charge in [-0.1, -0.05) is 11.3 Å². The van der Waals surface area contributed by atoms with Gasteiger partial charge in [0.25, 0.3) is 0 Å². The summed E-state index contributed by atoms with van der Waals surface area (Å²) in [6.45, 7) is 0.544.